The second-order valence-electron chi connectivity index (χ2n) is 3.12. The molecule has 1 aromatic rings. The van der Waals surface area contributed by atoms with Crippen LogP contribution in [-0.4, -0.2) is 24.4 Å². The van der Waals surface area contributed by atoms with Crippen LogP contribution in [0.25, 0.3) is 0 Å². The number of hydrogen-bond donors (Lipinski definition) is 1. The maximum absolute atomic E-state index is 9.63. The first kappa shape index (κ1) is 12.2. The van der Waals surface area contributed by atoms with Crippen molar-refractivity contribution in [2.24, 2.45) is 0 Å². The van der Waals surface area contributed by atoms with E-state index in [0.717, 1.165) is 17.5 Å². The normalized spacial score (nSPS) is 13.1. The van der Waals surface area contributed by atoms with Crippen LogP contribution in [0.3, 0.4) is 0 Å². The first-order valence-corrected chi connectivity index (χ1v) is 6.39. The van der Waals surface area contributed by atoms with Gasteiger partial charge in [-0.05, 0) is 33.8 Å². The van der Waals surface area contributed by atoms with E-state index in [1.54, 1.807) is 11.3 Å². The summed E-state index contributed by atoms with van der Waals surface area (Å²) in [5, 5.41) is 11.6. The zero-order chi connectivity index (χ0) is 10.4. The van der Waals surface area contributed by atoms with Gasteiger partial charge in [-0.1, -0.05) is 6.92 Å². The van der Waals surface area contributed by atoms with Gasteiger partial charge in [0.1, 0.15) is 0 Å². The summed E-state index contributed by atoms with van der Waals surface area (Å²) in [5.74, 6) is 0. The second kappa shape index (κ2) is 6.56. The molecule has 0 aromatic carbocycles. The van der Waals surface area contributed by atoms with E-state index < -0.39 is 6.10 Å². The van der Waals surface area contributed by atoms with Crippen LogP contribution in [0.15, 0.2) is 15.9 Å². The Morgan fingerprint density at radius 1 is 1.64 bits per heavy atom. The summed E-state index contributed by atoms with van der Waals surface area (Å²) in [6.07, 6.45) is 1.27. The molecule has 1 rings (SSSR count). The van der Waals surface area contributed by atoms with Crippen molar-refractivity contribution in [3.63, 3.8) is 0 Å². The van der Waals surface area contributed by atoms with Crippen molar-refractivity contribution < 1.29 is 9.84 Å². The van der Waals surface area contributed by atoms with Gasteiger partial charge in [0, 0.05) is 22.4 Å². The minimum absolute atomic E-state index is 0.392. The van der Waals surface area contributed by atoms with Gasteiger partial charge in [0.15, 0.2) is 0 Å². The molecular weight excluding hydrogens is 264 g/mol. The van der Waals surface area contributed by atoms with Crippen molar-refractivity contribution in [2.75, 3.05) is 13.2 Å². The zero-order valence-corrected chi connectivity index (χ0v) is 10.6. The molecule has 0 aliphatic rings. The minimum atomic E-state index is -0.392. The monoisotopic (exact) mass is 278 g/mol. The van der Waals surface area contributed by atoms with Gasteiger partial charge in [0.2, 0.25) is 0 Å². The molecule has 0 radical (unpaired) electrons. The number of aliphatic hydroxyl groups excluding tert-OH is 1. The third-order valence-corrected chi connectivity index (χ3v) is 3.72. The van der Waals surface area contributed by atoms with Crippen LogP contribution in [-0.2, 0) is 11.2 Å². The quantitative estimate of drug-likeness (QED) is 0.811. The molecule has 1 heterocycles. The van der Waals surface area contributed by atoms with E-state index in [2.05, 4.69) is 22.9 Å². The lowest BCUT2D eigenvalue weighted by Gasteiger charge is -2.09. The number of rotatable bonds is 6. The molecule has 0 aliphatic carbocycles. The van der Waals surface area contributed by atoms with Crippen LogP contribution in [0.5, 0.6) is 0 Å². The first-order chi connectivity index (χ1) is 6.74. The first-order valence-electron chi connectivity index (χ1n) is 4.71. The highest BCUT2D eigenvalue weighted by molar-refractivity contribution is 9.10. The Balaban J connectivity index is 2.27. The summed E-state index contributed by atoms with van der Waals surface area (Å²) in [5.41, 5.74) is 0. The molecule has 1 aromatic heterocycles. The average Bonchev–Trinajstić information content (AvgIpc) is 2.52. The lowest BCUT2D eigenvalue weighted by molar-refractivity contribution is 0.0377. The number of aliphatic hydroxyl groups is 1. The van der Waals surface area contributed by atoms with Crippen molar-refractivity contribution in [2.45, 2.75) is 25.9 Å². The maximum Gasteiger partial charge on any atom is 0.0822 e. The molecule has 80 valence electrons. The summed E-state index contributed by atoms with van der Waals surface area (Å²) >= 11 is 5.09. The molecule has 0 spiro atoms. The predicted molar refractivity (Wildman–Crippen MR) is 62.8 cm³/mol. The van der Waals surface area contributed by atoms with E-state index in [-0.39, 0.29) is 0 Å². The van der Waals surface area contributed by atoms with Crippen molar-refractivity contribution in [1.82, 2.24) is 0 Å². The molecule has 14 heavy (non-hydrogen) atoms. The molecular formula is C10H15BrO2S. The SMILES string of the molecule is CCCOCC(O)Cc1sccc1Br. The van der Waals surface area contributed by atoms with Gasteiger partial charge < -0.3 is 9.84 Å². The largest absolute Gasteiger partial charge is 0.390 e. The Kier molecular flexibility index (Phi) is 5.70. The smallest absolute Gasteiger partial charge is 0.0822 e. The van der Waals surface area contributed by atoms with Gasteiger partial charge in [-0.25, -0.2) is 0 Å². The highest BCUT2D eigenvalue weighted by Gasteiger charge is 2.09. The lowest BCUT2D eigenvalue weighted by atomic mass is 10.2. The van der Waals surface area contributed by atoms with Gasteiger partial charge in [0.25, 0.3) is 0 Å². The Morgan fingerprint density at radius 3 is 3.00 bits per heavy atom. The molecule has 0 aliphatic heterocycles. The van der Waals surface area contributed by atoms with Crippen molar-refractivity contribution in [3.8, 4) is 0 Å². The van der Waals surface area contributed by atoms with E-state index in [1.165, 1.54) is 4.88 Å². The van der Waals surface area contributed by atoms with Gasteiger partial charge in [-0.15, -0.1) is 11.3 Å². The molecule has 0 bridgehead atoms. The van der Waals surface area contributed by atoms with Crippen LogP contribution in [0.1, 0.15) is 18.2 Å². The predicted octanol–water partition coefficient (Wildman–Crippen LogP) is 2.84. The molecule has 0 amide bonds. The standard InChI is InChI=1S/C10H15BrO2S/c1-2-4-13-7-8(12)6-10-9(11)3-5-14-10/h3,5,8,12H,2,4,6-7H2,1H3. The number of hydrogen-bond acceptors (Lipinski definition) is 3. The topological polar surface area (TPSA) is 29.5 Å². The molecule has 0 saturated carbocycles. The van der Waals surface area contributed by atoms with Crippen LogP contribution in [0.4, 0.5) is 0 Å². The van der Waals surface area contributed by atoms with E-state index in [1.807, 2.05) is 11.4 Å². The summed E-state index contributed by atoms with van der Waals surface area (Å²) in [6, 6.07) is 2.00. The number of thiophene rings is 1. The Labute approximate surface area is 97.0 Å². The molecule has 1 N–H and O–H groups in total. The molecule has 2 nitrogen and oxygen atoms in total. The van der Waals surface area contributed by atoms with Gasteiger partial charge in [-0.3, -0.25) is 0 Å². The van der Waals surface area contributed by atoms with Gasteiger partial charge in [-0.2, -0.15) is 0 Å². The van der Waals surface area contributed by atoms with Crippen molar-refractivity contribution in [3.05, 3.63) is 20.8 Å². The average molecular weight is 279 g/mol. The molecule has 4 heteroatoms. The summed E-state index contributed by atoms with van der Waals surface area (Å²) in [6.45, 7) is 3.21. The van der Waals surface area contributed by atoms with E-state index >= 15 is 0 Å². The highest BCUT2D eigenvalue weighted by atomic mass is 79.9. The molecule has 0 fully saturated rings. The van der Waals surface area contributed by atoms with Crippen LogP contribution >= 0.6 is 27.3 Å². The molecule has 0 saturated heterocycles. The fraction of sp³-hybridized carbons (Fsp3) is 0.600. The Bertz CT molecular complexity index is 262. The van der Waals surface area contributed by atoms with Crippen molar-refractivity contribution in [1.29, 1.82) is 0 Å². The van der Waals surface area contributed by atoms with E-state index in [9.17, 15) is 5.11 Å². The zero-order valence-electron chi connectivity index (χ0n) is 8.20. The summed E-state index contributed by atoms with van der Waals surface area (Å²) in [7, 11) is 0. The Hall–Kier alpha value is 0.100. The fourth-order valence-electron chi connectivity index (χ4n) is 1.11. The van der Waals surface area contributed by atoms with Crippen LogP contribution in [0.2, 0.25) is 0 Å². The van der Waals surface area contributed by atoms with Gasteiger partial charge >= 0.3 is 0 Å². The number of ether oxygens (including phenoxy) is 1. The number of halogens is 1. The molecule has 1 atom stereocenters. The third kappa shape index (κ3) is 4.09. The fourth-order valence-corrected chi connectivity index (χ4v) is 2.69. The summed E-state index contributed by atoms with van der Waals surface area (Å²) < 4.78 is 6.35. The van der Waals surface area contributed by atoms with Gasteiger partial charge in [0.05, 0.1) is 12.7 Å². The summed E-state index contributed by atoms with van der Waals surface area (Å²) in [4.78, 5) is 1.18. The minimum Gasteiger partial charge on any atom is -0.390 e. The second-order valence-corrected chi connectivity index (χ2v) is 4.98. The maximum atomic E-state index is 9.63. The van der Waals surface area contributed by atoms with Crippen LogP contribution < -0.4 is 0 Å². The van der Waals surface area contributed by atoms with E-state index in [4.69, 9.17) is 4.74 Å². The highest BCUT2D eigenvalue weighted by Crippen LogP contribution is 2.23. The Morgan fingerprint density at radius 2 is 2.43 bits per heavy atom. The lowest BCUT2D eigenvalue weighted by Crippen LogP contribution is -2.18. The van der Waals surface area contributed by atoms with Crippen LogP contribution in [0, 0.1) is 0 Å². The third-order valence-electron chi connectivity index (χ3n) is 1.77. The molecule has 1 unspecified atom stereocenters. The van der Waals surface area contributed by atoms with E-state index in [0.29, 0.717) is 13.0 Å². The van der Waals surface area contributed by atoms with Crippen molar-refractivity contribution >= 4 is 27.3 Å².